The van der Waals surface area contributed by atoms with Crippen molar-refractivity contribution in [3.63, 3.8) is 0 Å². The Hall–Kier alpha value is -2.34. The van der Waals surface area contributed by atoms with Crippen LogP contribution in [0.15, 0.2) is 54.6 Å². The zero-order valence-corrected chi connectivity index (χ0v) is 17.6. The molecule has 0 radical (unpaired) electrons. The lowest BCUT2D eigenvalue weighted by molar-refractivity contribution is 0.250. The van der Waals surface area contributed by atoms with E-state index in [9.17, 15) is 13.2 Å². The number of urea groups is 1. The van der Waals surface area contributed by atoms with Crippen LogP contribution < -0.4 is 10.6 Å². The van der Waals surface area contributed by atoms with E-state index >= 15 is 0 Å². The predicted molar refractivity (Wildman–Crippen MR) is 117 cm³/mol. The van der Waals surface area contributed by atoms with Gasteiger partial charge in [0.05, 0.1) is 11.5 Å². The number of hydrogen-bond acceptors (Lipinski definition) is 3. The highest BCUT2D eigenvalue weighted by Gasteiger charge is 2.15. The molecule has 1 aliphatic rings. The van der Waals surface area contributed by atoms with Crippen LogP contribution in [-0.4, -0.2) is 21.0 Å². The number of hydrogen-bond donors (Lipinski definition) is 2. The van der Waals surface area contributed by atoms with E-state index in [1.54, 1.807) is 24.3 Å². The van der Waals surface area contributed by atoms with E-state index in [1.165, 1.54) is 32.1 Å². The Morgan fingerprint density at radius 3 is 2.34 bits per heavy atom. The van der Waals surface area contributed by atoms with Crippen LogP contribution in [0.5, 0.6) is 0 Å². The number of carbonyl (C=O) groups is 1. The van der Waals surface area contributed by atoms with Crippen LogP contribution in [0.4, 0.5) is 10.5 Å². The first-order valence-electron chi connectivity index (χ1n) is 10.4. The summed E-state index contributed by atoms with van der Waals surface area (Å²) in [6.07, 6.45) is 7.49. The zero-order chi connectivity index (χ0) is 20.5. The van der Waals surface area contributed by atoms with E-state index in [0.29, 0.717) is 17.8 Å². The highest BCUT2D eigenvalue weighted by molar-refractivity contribution is 7.89. The molecule has 0 saturated heterocycles. The van der Waals surface area contributed by atoms with Crippen LogP contribution in [0.1, 0.15) is 49.7 Å². The third kappa shape index (κ3) is 7.54. The van der Waals surface area contributed by atoms with Crippen LogP contribution in [0.3, 0.4) is 0 Å². The summed E-state index contributed by atoms with van der Waals surface area (Å²) in [5, 5.41) is 5.72. The summed E-state index contributed by atoms with van der Waals surface area (Å²) in [6.45, 7) is 0.668. The monoisotopic (exact) mass is 414 g/mol. The molecule has 156 valence electrons. The second-order valence-corrected chi connectivity index (χ2v) is 9.96. The van der Waals surface area contributed by atoms with E-state index in [-0.39, 0.29) is 17.5 Å². The number of amides is 2. The molecule has 5 nitrogen and oxygen atoms in total. The SMILES string of the molecule is O=C(NCCC1CCCCC1)Nc1cccc(CS(=O)(=O)Cc2ccccc2)c1. The van der Waals surface area contributed by atoms with Gasteiger partial charge in [0.2, 0.25) is 0 Å². The summed E-state index contributed by atoms with van der Waals surface area (Å²) < 4.78 is 25.0. The summed E-state index contributed by atoms with van der Waals surface area (Å²) in [7, 11) is -3.29. The Bertz CT molecular complexity index is 891. The Morgan fingerprint density at radius 1 is 0.897 bits per heavy atom. The van der Waals surface area contributed by atoms with Crippen molar-refractivity contribution < 1.29 is 13.2 Å². The largest absolute Gasteiger partial charge is 0.338 e. The van der Waals surface area contributed by atoms with Gasteiger partial charge in [0.15, 0.2) is 9.84 Å². The fourth-order valence-electron chi connectivity index (χ4n) is 3.91. The minimum atomic E-state index is -3.29. The number of benzene rings is 2. The van der Waals surface area contributed by atoms with Gasteiger partial charge in [-0.05, 0) is 35.6 Å². The van der Waals surface area contributed by atoms with Gasteiger partial charge in [0, 0.05) is 12.2 Å². The van der Waals surface area contributed by atoms with Gasteiger partial charge in [0.1, 0.15) is 0 Å². The number of carbonyl (C=O) groups excluding carboxylic acids is 1. The first kappa shape index (κ1) is 21.4. The van der Waals surface area contributed by atoms with Crippen LogP contribution in [-0.2, 0) is 21.3 Å². The number of nitrogens with one attached hydrogen (secondary N) is 2. The van der Waals surface area contributed by atoms with E-state index < -0.39 is 9.84 Å². The minimum absolute atomic E-state index is 0.00709. The van der Waals surface area contributed by atoms with Crippen molar-refractivity contribution in [3.8, 4) is 0 Å². The molecule has 2 aromatic rings. The molecule has 0 spiro atoms. The fraction of sp³-hybridized carbons (Fsp3) is 0.435. The average molecular weight is 415 g/mol. The Balaban J connectivity index is 1.48. The van der Waals surface area contributed by atoms with E-state index in [0.717, 1.165) is 17.9 Å². The van der Waals surface area contributed by atoms with Crippen LogP contribution in [0.25, 0.3) is 0 Å². The maximum atomic E-state index is 12.5. The van der Waals surface area contributed by atoms with Crippen LogP contribution in [0.2, 0.25) is 0 Å². The third-order valence-corrected chi connectivity index (χ3v) is 6.91. The van der Waals surface area contributed by atoms with Crippen LogP contribution >= 0.6 is 0 Å². The molecule has 0 atom stereocenters. The van der Waals surface area contributed by atoms with Gasteiger partial charge in [-0.1, -0.05) is 74.6 Å². The molecule has 6 heteroatoms. The smallest absolute Gasteiger partial charge is 0.319 e. The molecular formula is C23H30N2O3S. The van der Waals surface area contributed by atoms with Crippen molar-refractivity contribution in [2.75, 3.05) is 11.9 Å². The molecule has 0 aromatic heterocycles. The highest BCUT2D eigenvalue weighted by atomic mass is 32.2. The standard InChI is InChI=1S/C23H30N2O3S/c26-23(24-15-14-19-8-3-1-4-9-19)25-22-13-7-12-21(16-22)18-29(27,28)17-20-10-5-2-6-11-20/h2,5-7,10-13,16,19H,1,3-4,8-9,14-15,17-18H2,(H2,24,25,26). The second kappa shape index (κ2) is 10.4. The normalized spacial score (nSPS) is 15.0. The van der Waals surface area contributed by atoms with Gasteiger partial charge in [-0.15, -0.1) is 0 Å². The lowest BCUT2D eigenvalue weighted by atomic mass is 9.87. The third-order valence-electron chi connectivity index (χ3n) is 5.36. The Morgan fingerprint density at radius 2 is 1.59 bits per heavy atom. The van der Waals surface area contributed by atoms with E-state index in [4.69, 9.17) is 0 Å². The van der Waals surface area contributed by atoms with E-state index in [1.807, 2.05) is 30.3 Å². The molecular weight excluding hydrogens is 384 g/mol. The molecule has 0 unspecified atom stereocenters. The average Bonchev–Trinajstić information content (AvgIpc) is 2.69. The summed E-state index contributed by atoms with van der Waals surface area (Å²) in [5.41, 5.74) is 2.05. The predicted octanol–water partition coefficient (Wildman–Crippen LogP) is 4.89. The van der Waals surface area contributed by atoms with Gasteiger partial charge in [0.25, 0.3) is 0 Å². The van der Waals surface area contributed by atoms with Gasteiger partial charge in [-0.2, -0.15) is 0 Å². The lowest BCUT2D eigenvalue weighted by Gasteiger charge is -2.21. The molecule has 0 bridgehead atoms. The fourth-order valence-corrected chi connectivity index (χ4v) is 5.40. The van der Waals surface area contributed by atoms with E-state index in [2.05, 4.69) is 10.6 Å². The van der Waals surface area contributed by atoms with Gasteiger partial charge < -0.3 is 10.6 Å². The van der Waals surface area contributed by atoms with Crippen molar-refractivity contribution in [1.82, 2.24) is 5.32 Å². The van der Waals surface area contributed by atoms with Gasteiger partial charge in [-0.3, -0.25) is 0 Å². The molecule has 1 saturated carbocycles. The molecule has 2 aromatic carbocycles. The first-order chi connectivity index (χ1) is 14.0. The maximum Gasteiger partial charge on any atom is 0.319 e. The zero-order valence-electron chi connectivity index (χ0n) is 16.8. The second-order valence-electron chi connectivity index (χ2n) is 7.89. The van der Waals surface area contributed by atoms with Crippen molar-refractivity contribution >= 4 is 21.6 Å². The molecule has 29 heavy (non-hydrogen) atoms. The van der Waals surface area contributed by atoms with Crippen molar-refractivity contribution in [1.29, 1.82) is 0 Å². The number of sulfone groups is 1. The molecule has 1 fully saturated rings. The molecule has 3 rings (SSSR count). The molecule has 2 N–H and O–H groups in total. The summed E-state index contributed by atoms with van der Waals surface area (Å²) >= 11 is 0. The number of rotatable bonds is 8. The lowest BCUT2D eigenvalue weighted by Crippen LogP contribution is -2.30. The van der Waals surface area contributed by atoms with Gasteiger partial charge in [-0.25, -0.2) is 13.2 Å². The maximum absolute atomic E-state index is 12.5. The highest BCUT2D eigenvalue weighted by Crippen LogP contribution is 2.25. The number of anilines is 1. The summed E-state index contributed by atoms with van der Waals surface area (Å²) in [5.74, 6) is 0.677. The molecule has 2 amide bonds. The van der Waals surface area contributed by atoms with Crippen molar-refractivity contribution in [2.24, 2.45) is 5.92 Å². The summed E-state index contributed by atoms with van der Waals surface area (Å²) in [6, 6.07) is 16.0. The van der Waals surface area contributed by atoms with Crippen LogP contribution in [0, 0.1) is 5.92 Å². The first-order valence-corrected chi connectivity index (χ1v) is 12.2. The summed E-state index contributed by atoms with van der Waals surface area (Å²) in [4.78, 5) is 12.2. The Labute approximate surface area is 173 Å². The Kier molecular flexibility index (Phi) is 7.69. The minimum Gasteiger partial charge on any atom is -0.338 e. The van der Waals surface area contributed by atoms with Crippen molar-refractivity contribution in [2.45, 2.75) is 50.0 Å². The molecule has 0 aliphatic heterocycles. The molecule has 0 heterocycles. The topological polar surface area (TPSA) is 75.3 Å². The molecule has 1 aliphatic carbocycles. The quantitative estimate of drug-likeness (QED) is 0.645. The van der Waals surface area contributed by atoms with Crippen molar-refractivity contribution in [3.05, 3.63) is 65.7 Å². The van der Waals surface area contributed by atoms with Gasteiger partial charge >= 0.3 is 6.03 Å².